The minimum atomic E-state index is -0.927. The molecule has 15 heavy (non-hydrogen) atoms. The van der Waals surface area contributed by atoms with Crippen molar-refractivity contribution < 1.29 is 9.90 Å². The number of fused-ring (bicyclic) bond motifs is 1. The highest BCUT2D eigenvalue weighted by molar-refractivity contribution is 7.17. The predicted molar refractivity (Wildman–Crippen MR) is 56.1 cm³/mol. The molecule has 0 radical (unpaired) electrons. The average Bonchev–Trinajstić information content (AvgIpc) is 2.61. The summed E-state index contributed by atoms with van der Waals surface area (Å²) in [6.45, 7) is 1.58. The van der Waals surface area contributed by atoms with Gasteiger partial charge in [0.15, 0.2) is 5.65 Å². The Kier molecular flexibility index (Phi) is 2.46. The fraction of sp³-hybridized carbons (Fsp3) is 0.250. The van der Waals surface area contributed by atoms with Crippen molar-refractivity contribution in [1.29, 1.82) is 0 Å². The fourth-order valence-electron chi connectivity index (χ4n) is 1.15. The van der Waals surface area contributed by atoms with Crippen molar-refractivity contribution in [3.63, 3.8) is 0 Å². The Balaban J connectivity index is 2.39. The third-order valence-electron chi connectivity index (χ3n) is 1.71. The number of thiazole rings is 1. The van der Waals surface area contributed by atoms with Crippen LogP contribution in [0.4, 0.5) is 5.82 Å². The smallest absolute Gasteiger partial charge is 0.322 e. The second-order valence-electron chi connectivity index (χ2n) is 2.87. The summed E-state index contributed by atoms with van der Waals surface area (Å²) in [4.78, 5) is 22.7. The van der Waals surface area contributed by atoms with Crippen LogP contribution in [0.25, 0.3) is 10.3 Å². The molecule has 2 aromatic rings. The molecule has 0 atom stereocenters. The molecule has 0 fully saturated rings. The lowest BCUT2D eigenvalue weighted by molar-refractivity contribution is -0.134. The molecule has 0 amide bonds. The van der Waals surface area contributed by atoms with Crippen LogP contribution in [0, 0.1) is 6.92 Å². The molecule has 78 valence electrons. The van der Waals surface area contributed by atoms with Crippen LogP contribution >= 0.6 is 11.3 Å². The van der Waals surface area contributed by atoms with Crippen LogP contribution in [0.1, 0.15) is 5.82 Å². The third kappa shape index (κ3) is 2.01. The lowest BCUT2D eigenvalue weighted by Gasteiger charge is -2.03. The van der Waals surface area contributed by atoms with Gasteiger partial charge in [0, 0.05) is 0 Å². The van der Waals surface area contributed by atoms with Crippen LogP contribution in [0.3, 0.4) is 0 Å². The van der Waals surface area contributed by atoms with Crippen molar-refractivity contribution in [3.8, 4) is 0 Å². The Bertz CT molecular complexity index is 510. The highest BCUT2D eigenvalue weighted by atomic mass is 32.1. The molecule has 0 spiro atoms. The van der Waals surface area contributed by atoms with Gasteiger partial charge in [-0.1, -0.05) is 0 Å². The Morgan fingerprint density at radius 3 is 3.13 bits per heavy atom. The van der Waals surface area contributed by atoms with Gasteiger partial charge in [-0.05, 0) is 6.92 Å². The van der Waals surface area contributed by atoms with Gasteiger partial charge in [-0.2, -0.15) is 0 Å². The number of aliphatic carboxylic acids is 1. The van der Waals surface area contributed by atoms with E-state index in [4.69, 9.17) is 5.11 Å². The van der Waals surface area contributed by atoms with Crippen LogP contribution < -0.4 is 5.32 Å². The molecule has 0 saturated heterocycles. The number of hydrogen-bond donors (Lipinski definition) is 2. The van der Waals surface area contributed by atoms with E-state index in [2.05, 4.69) is 20.3 Å². The number of aryl methyl sites for hydroxylation is 1. The maximum absolute atomic E-state index is 10.4. The lowest BCUT2D eigenvalue weighted by atomic mass is 10.5. The number of hydrogen-bond acceptors (Lipinski definition) is 6. The highest BCUT2D eigenvalue weighted by Gasteiger charge is 2.08. The van der Waals surface area contributed by atoms with Gasteiger partial charge in [0.25, 0.3) is 0 Å². The summed E-state index contributed by atoms with van der Waals surface area (Å²) in [5.74, 6) is 0.174. The first kappa shape index (κ1) is 9.78. The van der Waals surface area contributed by atoms with E-state index in [9.17, 15) is 4.79 Å². The van der Waals surface area contributed by atoms with Gasteiger partial charge in [-0.15, -0.1) is 11.3 Å². The van der Waals surface area contributed by atoms with Crippen LogP contribution in [0.15, 0.2) is 5.51 Å². The molecule has 0 saturated carbocycles. The van der Waals surface area contributed by atoms with E-state index in [0.717, 1.165) is 4.70 Å². The minimum absolute atomic E-state index is 0.163. The van der Waals surface area contributed by atoms with Crippen molar-refractivity contribution in [3.05, 3.63) is 11.3 Å². The van der Waals surface area contributed by atoms with Gasteiger partial charge >= 0.3 is 5.97 Å². The van der Waals surface area contributed by atoms with E-state index in [1.807, 2.05) is 0 Å². The third-order valence-corrected chi connectivity index (χ3v) is 2.53. The van der Waals surface area contributed by atoms with Crippen LogP contribution in [-0.4, -0.2) is 32.6 Å². The van der Waals surface area contributed by atoms with Crippen molar-refractivity contribution in [2.75, 3.05) is 11.9 Å². The Labute approximate surface area is 89.0 Å². The quantitative estimate of drug-likeness (QED) is 0.805. The summed E-state index contributed by atoms with van der Waals surface area (Å²) in [6.07, 6.45) is 0. The van der Waals surface area contributed by atoms with Crippen molar-refractivity contribution in [1.82, 2.24) is 15.0 Å². The molecule has 0 aliphatic carbocycles. The van der Waals surface area contributed by atoms with Gasteiger partial charge in [0.2, 0.25) is 0 Å². The molecule has 6 nitrogen and oxygen atoms in total. The van der Waals surface area contributed by atoms with Crippen LogP contribution in [0.2, 0.25) is 0 Å². The van der Waals surface area contributed by atoms with Crippen molar-refractivity contribution in [2.45, 2.75) is 6.92 Å². The molecule has 2 heterocycles. The molecule has 2 N–H and O–H groups in total. The Hall–Kier alpha value is -1.76. The molecule has 0 aliphatic rings. The normalized spacial score (nSPS) is 10.5. The summed E-state index contributed by atoms with van der Waals surface area (Å²) in [5.41, 5.74) is 2.26. The second kappa shape index (κ2) is 3.77. The maximum atomic E-state index is 10.4. The Morgan fingerprint density at radius 2 is 2.40 bits per heavy atom. The number of carbonyl (C=O) groups is 1. The summed E-state index contributed by atoms with van der Waals surface area (Å²) in [5, 5.41) is 11.3. The van der Waals surface area contributed by atoms with Gasteiger partial charge in [0.05, 0.1) is 5.51 Å². The van der Waals surface area contributed by atoms with E-state index in [1.54, 1.807) is 12.4 Å². The van der Waals surface area contributed by atoms with Crippen molar-refractivity contribution >= 4 is 33.5 Å². The van der Waals surface area contributed by atoms with Gasteiger partial charge in [-0.25, -0.2) is 15.0 Å². The first-order valence-corrected chi connectivity index (χ1v) is 5.08. The number of aromatic nitrogens is 3. The predicted octanol–water partition coefficient (Wildman–Crippen LogP) is 0.891. The number of rotatable bonds is 3. The lowest BCUT2D eigenvalue weighted by Crippen LogP contribution is -2.13. The summed E-state index contributed by atoms with van der Waals surface area (Å²) in [6, 6.07) is 0. The number of nitrogens with zero attached hydrogens (tertiary/aromatic N) is 3. The van der Waals surface area contributed by atoms with Crippen LogP contribution in [0.5, 0.6) is 0 Å². The Morgan fingerprint density at radius 1 is 1.60 bits per heavy atom. The van der Waals surface area contributed by atoms with E-state index >= 15 is 0 Å². The monoisotopic (exact) mass is 224 g/mol. The number of nitrogens with one attached hydrogen (secondary N) is 1. The first-order chi connectivity index (χ1) is 7.16. The number of anilines is 1. The molecule has 2 rings (SSSR count). The summed E-state index contributed by atoms with van der Waals surface area (Å²) < 4.78 is 0.779. The first-order valence-electron chi connectivity index (χ1n) is 4.20. The SMILES string of the molecule is Cc1nc(NCC(=O)O)c2scnc2n1. The van der Waals surface area contributed by atoms with E-state index in [-0.39, 0.29) is 6.54 Å². The topological polar surface area (TPSA) is 88.0 Å². The largest absolute Gasteiger partial charge is 0.480 e. The summed E-state index contributed by atoms with van der Waals surface area (Å²) >= 11 is 1.38. The second-order valence-corrected chi connectivity index (χ2v) is 3.73. The van der Waals surface area contributed by atoms with Gasteiger partial charge in [0.1, 0.15) is 22.9 Å². The van der Waals surface area contributed by atoms with E-state index in [0.29, 0.717) is 17.3 Å². The highest BCUT2D eigenvalue weighted by Crippen LogP contribution is 2.23. The van der Waals surface area contributed by atoms with Crippen LogP contribution in [-0.2, 0) is 4.79 Å². The molecular formula is C8H8N4O2S. The molecule has 2 aromatic heterocycles. The van der Waals surface area contributed by atoms with E-state index in [1.165, 1.54) is 11.3 Å². The number of carboxylic acids is 1. The molecule has 0 aromatic carbocycles. The standard InChI is InChI=1S/C8H8N4O2S/c1-4-11-7(9-2-5(13)14)6-8(12-4)10-3-15-6/h3H,2H2,1H3,(H,13,14)(H,9,11,12). The van der Waals surface area contributed by atoms with Crippen molar-refractivity contribution in [2.24, 2.45) is 0 Å². The maximum Gasteiger partial charge on any atom is 0.322 e. The summed E-state index contributed by atoms with van der Waals surface area (Å²) in [7, 11) is 0. The minimum Gasteiger partial charge on any atom is -0.480 e. The van der Waals surface area contributed by atoms with Gasteiger partial charge < -0.3 is 10.4 Å². The number of carboxylic acid groups (broad SMARTS) is 1. The van der Waals surface area contributed by atoms with Gasteiger partial charge in [-0.3, -0.25) is 4.79 Å². The zero-order valence-electron chi connectivity index (χ0n) is 7.89. The average molecular weight is 224 g/mol. The molecule has 0 unspecified atom stereocenters. The molecule has 0 bridgehead atoms. The van der Waals surface area contributed by atoms with E-state index < -0.39 is 5.97 Å². The zero-order valence-corrected chi connectivity index (χ0v) is 8.71. The fourth-order valence-corrected chi connectivity index (χ4v) is 1.84. The zero-order chi connectivity index (χ0) is 10.8. The molecular weight excluding hydrogens is 216 g/mol. The molecule has 7 heteroatoms. The molecule has 0 aliphatic heterocycles.